The molecule has 1 heterocycles. The smallest absolute Gasteiger partial charge is 0.317 e. The van der Waals surface area contributed by atoms with Gasteiger partial charge in [0.25, 0.3) is 0 Å². The van der Waals surface area contributed by atoms with Gasteiger partial charge in [-0.15, -0.1) is 11.3 Å². The monoisotopic (exact) mass is 305 g/mol. The molecule has 0 saturated heterocycles. The quantitative estimate of drug-likeness (QED) is 0.877. The number of hydrogen-bond donors (Lipinski definition) is 1. The predicted molar refractivity (Wildman–Crippen MR) is 69.8 cm³/mol. The Labute approximate surface area is 108 Å². The minimum absolute atomic E-state index is 0.0997. The fourth-order valence-electron chi connectivity index (χ4n) is 1.46. The summed E-state index contributed by atoms with van der Waals surface area (Å²) in [5, 5.41) is 10.9. The third kappa shape index (κ3) is 4.23. The van der Waals surface area contributed by atoms with Crippen LogP contribution in [0, 0.1) is 0 Å². The summed E-state index contributed by atoms with van der Waals surface area (Å²) in [5.74, 6) is -0.769. The highest BCUT2D eigenvalue weighted by atomic mass is 79.9. The lowest BCUT2D eigenvalue weighted by molar-refractivity contribution is -0.139. The van der Waals surface area contributed by atoms with E-state index in [-0.39, 0.29) is 12.6 Å². The summed E-state index contributed by atoms with van der Waals surface area (Å²) >= 11 is 5.04. The molecule has 5 heteroatoms. The van der Waals surface area contributed by atoms with E-state index in [2.05, 4.69) is 35.2 Å². The molecule has 1 aromatic rings. The fourth-order valence-corrected chi connectivity index (χ4v) is 2.66. The zero-order valence-electron chi connectivity index (χ0n) is 9.44. The first kappa shape index (κ1) is 13.7. The Morgan fingerprint density at radius 1 is 1.69 bits per heavy atom. The molecule has 0 radical (unpaired) electrons. The fraction of sp³-hybridized carbons (Fsp3) is 0.545. The van der Waals surface area contributed by atoms with Crippen LogP contribution in [0.4, 0.5) is 0 Å². The highest BCUT2D eigenvalue weighted by Crippen LogP contribution is 2.22. The number of carbonyl (C=O) groups is 1. The summed E-state index contributed by atoms with van der Waals surface area (Å²) in [6.45, 7) is 4.93. The molecule has 0 aromatic carbocycles. The summed E-state index contributed by atoms with van der Waals surface area (Å²) < 4.78 is 1.09. The van der Waals surface area contributed by atoms with Crippen molar-refractivity contribution in [3.8, 4) is 0 Å². The maximum atomic E-state index is 10.8. The minimum Gasteiger partial charge on any atom is -0.480 e. The van der Waals surface area contributed by atoms with Crippen LogP contribution < -0.4 is 0 Å². The molecule has 0 aliphatic heterocycles. The molecule has 1 N–H and O–H groups in total. The van der Waals surface area contributed by atoms with Crippen LogP contribution in [0.2, 0.25) is 0 Å². The van der Waals surface area contributed by atoms with Gasteiger partial charge in [-0.25, -0.2) is 0 Å². The lowest BCUT2D eigenvalue weighted by Crippen LogP contribution is -2.36. The third-order valence-electron chi connectivity index (χ3n) is 2.56. The molecule has 0 spiro atoms. The van der Waals surface area contributed by atoms with Gasteiger partial charge in [-0.1, -0.05) is 6.92 Å². The number of nitrogens with zero attached hydrogens (tertiary/aromatic N) is 1. The maximum Gasteiger partial charge on any atom is 0.317 e. The van der Waals surface area contributed by atoms with Crippen LogP contribution in [0.25, 0.3) is 0 Å². The Balaban J connectivity index is 2.66. The molecule has 1 atom stereocenters. The Morgan fingerprint density at radius 2 is 2.38 bits per heavy atom. The SMILES string of the molecule is CCC(C)N(CC(=O)O)Cc1csc(Br)c1. The highest BCUT2D eigenvalue weighted by molar-refractivity contribution is 9.11. The highest BCUT2D eigenvalue weighted by Gasteiger charge is 2.16. The number of hydrogen-bond acceptors (Lipinski definition) is 3. The zero-order valence-corrected chi connectivity index (χ0v) is 11.8. The first-order chi connectivity index (χ1) is 7.52. The van der Waals surface area contributed by atoms with E-state index in [1.54, 1.807) is 11.3 Å². The summed E-state index contributed by atoms with van der Waals surface area (Å²) in [4.78, 5) is 12.8. The van der Waals surface area contributed by atoms with E-state index in [1.807, 2.05) is 11.0 Å². The first-order valence-electron chi connectivity index (χ1n) is 5.21. The average Bonchev–Trinajstić information content (AvgIpc) is 2.61. The van der Waals surface area contributed by atoms with Crippen LogP contribution in [0.5, 0.6) is 0 Å². The van der Waals surface area contributed by atoms with E-state index in [9.17, 15) is 4.79 Å². The van der Waals surface area contributed by atoms with Crippen molar-refractivity contribution >= 4 is 33.2 Å². The van der Waals surface area contributed by atoms with Crippen molar-refractivity contribution in [1.82, 2.24) is 4.90 Å². The van der Waals surface area contributed by atoms with Crippen LogP contribution in [0.3, 0.4) is 0 Å². The number of thiophene rings is 1. The van der Waals surface area contributed by atoms with Crippen LogP contribution in [0.15, 0.2) is 15.2 Å². The number of carboxylic acids is 1. The van der Waals surface area contributed by atoms with E-state index >= 15 is 0 Å². The lowest BCUT2D eigenvalue weighted by Gasteiger charge is -2.26. The molecule has 0 saturated carbocycles. The van der Waals surface area contributed by atoms with Gasteiger partial charge in [0.05, 0.1) is 10.3 Å². The van der Waals surface area contributed by atoms with Crippen molar-refractivity contribution < 1.29 is 9.90 Å². The number of halogens is 1. The Morgan fingerprint density at radius 3 is 2.81 bits per heavy atom. The largest absolute Gasteiger partial charge is 0.480 e. The molecule has 1 rings (SSSR count). The number of carboxylic acid groups (broad SMARTS) is 1. The van der Waals surface area contributed by atoms with E-state index in [0.717, 1.165) is 10.2 Å². The van der Waals surface area contributed by atoms with E-state index < -0.39 is 5.97 Å². The normalized spacial score (nSPS) is 13.0. The van der Waals surface area contributed by atoms with Crippen molar-refractivity contribution in [2.75, 3.05) is 6.54 Å². The van der Waals surface area contributed by atoms with Crippen LogP contribution in [-0.2, 0) is 11.3 Å². The van der Waals surface area contributed by atoms with Gasteiger partial charge in [-0.3, -0.25) is 9.69 Å². The van der Waals surface area contributed by atoms with Crippen molar-refractivity contribution in [3.05, 3.63) is 20.8 Å². The molecule has 16 heavy (non-hydrogen) atoms. The van der Waals surface area contributed by atoms with Crippen LogP contribution in [0.1, 0.15) is 25.8 Å². The molecule has 0 bridgehead atoms. The van der Waals surface area contributed by atoms with Gasteiger partial charge in [-0.05, 0) is 46.3 Å². The Hall–Kier alpha value is -0.390. The van der Waals surface area contributed by atoms with Crippen molar-refractivity contribution in [2.24, 2.45) is 0 Å². The minimum atomic E-state index is -0.769. The predicted octanol–water partition coefficient (Wildman–Crippen LogP) is 3.20. The van der Waals surface area contributed by atoms with Gasteiger partial charge in [0.2, 0.25) is 0 Å². The average molecular weight is 306 g/mol. The second-order valence-corrected chi connectivity index (χ2v) is 6.11. The van der Waals surface area contributed by atoms with Crippen molar-refractivity contribution in [2.45, 2.75) is 32.9 Å². The first-order valence-corrected chi connectivity index (χ1v) is 6.89. The summed E-state index contributed by atoms with van der Waals surface area (Å²) in [7, 11) is 0. The Bertz CT molecular complexity index is 354. The number of aliphatic carboxylic acids is 1. The standard InChI is InChI=1S/C11H16BrNO2S/c1-3-8(2)13(6-11(14)15)5-9-4-10(12)16-7-9/h4,7-8H,3,5-6H2,1-2H3,(H,14,15). The second kappa shape index (κ2) is 6.37. The molecule has 0 aliphatic carbocycles. The molecular formula is C11H16BrNO2S. The molecule has 1 unspecified atom stereocenters. The van der Waals surface area contributed by atoms with Crippen LogP contribution >= 0.6 is 27.3 Å². The molecule has 0 aliphatic rings. The summed E-state index contributed by atoms with van der Waals surface area (Å²) in [6.07, 6.45) is 0.957. The molecule has 0 fully saturated rings. The molecular weight excluding hydrogens is 290 g/mol. The molecule has 3 nitrogen and oxygen atoms in total. The van der Waals surface area contributed by atoms with Gasteiger partial charge < -0.3 is 5.11 Å². The lowest BCUT2D eigenvalue weighted by atomic mass is 10.2. The van der Waals surface area contributed by atoms with E-state index in [1.165, 1.54) is 5.56 Å². The summed E-state index contributed by atoms with van der Waals surface area (Å²) in [5.41, 5.74) is 1.17. The Kier molecular flexibility index (Phi) is 5.44. The van der Waals surface area contributed by atoms with Gasteiger partial charge in [0.15, 0.2) is 0 Å². The second-order valence-electron chi connectivity index (χ2n) is 3.82. The van der Waals surface area contributed by atoms with E-state index in [4.69, 9.17) is 5.11 Å². The van der Waals surface area contributed by atoms with Gasteiger partial charge >= 0.3 is 5.97 Å². The molecule has 1 aromatic heterocycles. The van der Waals surface area contributed by atoms with Crippen LogP contribution in [-0.4, -0.2) is 28.6 Å². The van der Waals surface area contributed by atoms with Crippen molar-refractivity contribution in [3.63, 3.8) is 0 Å². The third-order valence-corrected chi connectivity index (χ3v) is 4.11. The number of rotatable bonds is 6. The zero-order chi connectivity index (χ0) is 12.1. The topological polar surface area (TPSA) is 40.5 Å². The van der Waals surface area contributed by atoms with Crippen molar-refractivity contribution in [1.29, 1.82) is 0 Å². The maximum absolute atomic E-state index is 10.8. The van der Waals surface area contributed by atoms with Gasteiger partial charge in [0, 0.05) is 12.6 Å². The van der Waals surface area contributed by atoms with Gasteiger partial charge in [-0.2, -0.15) is 0 Å². The molecule has 90 valence electrons. The van der Waals surface area contributed by atoms with Gasteiger partial charge in [0.1, 0.15) is 0 Å². The van der Waals surface area contributed by atoms with E-state index in [0.29, 0.717) is 6.54 Å². The molecule has 0 amide bonds. The summed E-state index contributed by atoms with van der Waals surface area (Å²) in [6, 6.07) is 2.33.